The number of carbonyl (C=O) groups excluding carboxylic acids is 1. The first-order valence-electron chi connectivity index (χ1n) is 7.81. The summed E-state index contributed by atoms with van der Waals surface area (Å²) < 4.78 is 23.7. The van der Waals surface area contributed by atoms with Crippen molar-refractivity contribution in [3.05, 3.63) is 42.2 Å². The lowest BCUT2D eigenvalue weighted by molar-refractivity contribution is -0.137. The molecule has 0 atom stereocenters. The largest absolute Gasteiger partial charge is 0.493 e. The van der Waals surface area contributed by atoms with Crippen molar-refractivity contribution in [1.82, 2.24) is 0 Å². The minimum Gasteiger partial charge on any atom is -0.493 e. The summed E-state index contributed by atoms with van der Waals surface area (Å²) in [7, 11) is 0. The molecule has 0 aromatic heterocycles. The summed E-state index contributed by atoms with van der Waals surface area (Å²) in [4.78, 5) is 10.8. The molecule has 0 saturated carbocycles. The summed E-state index contributed by atoms with van der Waals surface area (Å²) in [6, 6.07) is 4.95. The van der Waals surface area contributed by atoms with Gasteiger partial charge in [0.15, 0.2) is 0 Å². The highest BCUT2D eigenvalue weighted by Gasteiger charge is 2.00. The van der Waals surface area contributed by atoms with Crippen molar-refractivity contribution in [2.24, 2.45) is 0 Å². The monoisotopic (exact) mass is 308 g/mol. The van der Waals surface area contributed by atoms with Gasteiger partial charge in [-0.3, -0.25) is 0 Å². The minimum absolute atomic E-state index is 0.227. The summed E-state index contributed by atoms with van der Waals surface area (Å²) in [5.41, 5.74) is 0.631. The topological polar surface area (TPSA) is 35.5 Å². The molecule has 0 fully saturated rings. The first-order valence-corrected chi connectivity index (χ1v) is 7.81. The van der Waals surface area contributed by atoms with Crippen molar-refractivity contribution in [3.8, 4) is 5.75 Å². The van der Waals surface area contributed by atoms with Crippen LogP contribution in [0, 0.1) is 12.7 Å². The average Bonchev–Trinajstić information content (AvgIpc) is 2.52. The van der Waals surface area contributed by atoms with Gasteiger partial charge in [0.05, 0.1) is 13.2 Å². The number of rotatable bonds is 11. The van der Waals surface area contributed by atoms with Gasteiger partial charge in [0.2, 0.25) is 0 Å². The van der Waals surface area contributed by atoms with E-state index < -0.39 is 0 Å². The van der Waals surface area contributed by atoms with Crippen LogP contribution < -0.4 is 4.74 Å². The highest BCUT2D eigenvalue weighted by atomic mass is 19.1. The average molecular weight is 308 g/mol. The van der Waals surface area contributed by atoms with Crippen molar-refractivity contribution in [3.63, 3.8) is 0 Å². The van der Waals surface area contributed by atoms with E-state index in [1.807, 2.05) is 0 Å². The SMILES string of the molecule is C=CC(=O)OCCCCCCCCOc1ccc(C)c(F)c1. The highest BCUT2D eigenvalue weighted by molar-refractivity contribution is 5.81. The number of unbranched alkanes of at least 4 members (excludes halogenated alkanes) is 5. The molecule has 0 heterocycles. The third-order valence-electron chi connectivity index (χ3n) is 3.36. The van der Waals surface area contributed by atoms with E-state index >= 15 is 0 Å². The van der Waals surface area contributed by atoms with Crippen molar-refractivity contribution in [2.75, 3.05) is 13.2 Å². The van der Waals surface area contributed by atoms with Crippen LogP contribution in [0.15, 0.2) is 30.9 Å². The second-order valence-electron chi connectivity index (χ2n) is 5.25. The fourth-order valence-corrected chi connectivity index (χ4v) is 2.00. The van der Waals surface area contributed by atoms with Crippen molar-refractivity contribution in [1.29, 1.82) is 0 Å². The zero-order valence-corrected chi connectivity index (χ0v) is 13.3. The number of esters is 1. The maximum Gasteiger partial charge on any atom is 0.330 e. The maximum atomic E-state index is 13.3. The van der Waals surface area contributed by atoms with Gasteiger partial charge >= 0.3 is 5.97 Å². The van der Waals surface area contributed by atoms with Crippen LogP contribution in [0.3, 0.4) is 0 Å². The molecular weight excluding hydrogens is 283 g/mol. The van der Waals surface area contributed by atoms with Gasteiger partial charge in [0.1, 0.15) is 11.6 Å². The maximum absolute atomic E-state index is 13.3. The Morgan fingerprint density at radius 1 is 1.14 bits per heavy atom. The Kier molecular flexibility index (Phi) is 8.96. The quantitative estimate of drug-likeness (QED) is 0.341. The minimum atomic E-state index is -0.357. The van der Waals surface area contributed by atoms with Gasteiger partial charge in [-0.05, 0) is 31.4 Å². The molecule has 0 amide bonds. The van der Waals surface area contributed by atoms with Gasteiger partial charge in [-0.2, -0.15) is 0 Å². The number of benzene rings is 1. The number of hydrogen-bond donors (Lipinski definition) is 0. The van der Waals surface area contributed by atoms with Crippen LogP contribution in [0.2, 0.25) is 0 Å². The molecule has 0 saturated heterocycles. The molecule has 0 N–H and O–H groups in total. The smallest absolute Gasteiger partial charge is 0.330 e. The summed E-state index contributed by atoms with van der Waals surface area (Å²) in [6.45, 7) is 6.15. The summed E-state index contributed by atoms with van der Waals surface area (Å²) in [5, 5.41) is 0. The second kappa shape index (κ2) is 10.8. The molecule has 22 heavy (non-hydrogen) atoms. The van der Waals surface area contributed by atoms with Crippen LogP contribution in [0.4, 0.5) is 4.39 Å². The first-order chi connectivity index (χ1) is 10.6. The van der Waals surface area contributed by atoms with Gasteiger partial charge in [-0.1, -0.05) is 38.3 Å². The molecule has 1 aromatic carbocycles. The Balaban J connectivity index is 1.94. The second-order valence-corrected chi connectivity index (χ2v) is 5.25. The van der Waals surface area contributed by atoms with Crippen molar-refractivity contribution in [2.45, 2.75) is 45.4 Å². The fraction of sp³-hybridized carbons (Fsp3) is 0.500. The van der Waals surface area contributed by atoms with Crippen LogP contribution >= 0.6 is 0 Å². The van der Waals surface area contributed by atoms with E-state index in [0.29, 0.717) is 24.5 Å². The third kappa shape index (κ3) is 7.81. The molecule has 0 aliphatic heterocycles. The predicted molar refractivity (Wildman–Crippen MR) is 85.5 cm³/mol. The Bertz CT molecular complexity index is 471. The number of aryl methyl sites for hydroxylation is 1. The summed E-state index contributed by atoms with van der Waals surface area (Å²) >= 11 is 0. The highest BCUT2D eigenvalue weighted by Crippen LogP contribution is 2.16. The standard InChI is InChI=1S/C18H25FO3/c1-3-18(20)22-13-9-7-5-4-6-8-12-21-16-11-10-15(2)17(19)14-16/h3,10-11,14H,1,4-9,12-13H2,2H3. The summed E-state index contributed by atoms with van der Waals surface area (Å²) in [6.07, 6.45) is 7.40. The Morgan fingerprint density at radius 3 is 2.41 bits per heavy atom. The molecule has 0 aliphatic carbocycles. The molecule has 0 bridgehead atoms. The van der Waals surface area contributed by atoms with Crippen LogP contribution in [-0.2, 0) is 9.53 Å². The molecule has 0 spiro atoms. The van der Waals surface area contributed by atoms with E-state index in [-0.39, 0.29) is 11.8 Å². The van der Waals surface area contributed by atoms with E-state index in [9.17, 15) is 9.18 Å². The number of halogens is 1. The zero-order valence-electron chi connectivity index (χ0n) is 13.3. The number of hydrogen-bond acceptors (Lipinski definition) is 3. The Morgan fingerprint density at radius 2 is 1.77 bits per heavy atom. The lowest BCUT2D eigenvalue weighted by atomic mass is 10.1. The summed E-state index contributed by atoms with van der Waals surface area (Å²) in [5.74, 6) is 0.00600. The Hall–Kier alpha value is -1.84. The lowest BCUT2D eigenvalue weighted by Gasteiger charge is -2.07. The predicted octanol–water partition coefficient (Wildman–Crippen LogP) is 4.58. The van der Waals surface area contributed by atoms with Crippen molar-refractivity contribution >= 4 is 5.97 Å². The van der Waals surface area contributed by atoms with E-state index in [2.05, 4.69) is 6.58 Å². The molecule has 122 valence electrons. The van der Waals surface area contributed by atoms with E-state index in [1.165, 1.54) is 12.1 Å². The third-order valence-corrected chi connectivity index (χ3v) is 3.36. The molecule has 1 aromatic rings. The first kappa shape index (κ1) is 18.2. The van der Waals surface area contributed by atoms with Gasteiger partial charge in [0, 0.05) is 12.1 Å². The normalized spacial score (nSPS) is 10.3. The van der Waals surface area contributed by atoms with E-state index in [4.69, 9.17) is 9.47 Å². The molecule has 0 radical (unpaired) electrons. The van der Waals surface area contributed by atoms with Crippen molar-refractivity contribution < 1.29 is 18.7 Å². The molecule has 0 unspecified atom stereocenters. The van der Waals surface area contributed by atoms with Crippen LogP contribution in [0.1, 0.15) is 44.1 Å². The zero-order chi connectivity index (χ0) is 16.2. The van der Waals surface area contributed by atoms with Gasteiger partial charge < -0.3 is 9.47 Å². The number of ether oxygens (including phenoxy) is 2. The van der Waals surface area contributed by atoms with Crippen LogP contribution in [0.5, 0.6) is 5.75 Å². The van der Waals surface area contributed by atoms with Crippen LogP contribution in [0.25, 0.3) is 0 Å². The van der Waals surface area contributed by atoms with Crippen LogP contribution in [-0.4, -0.2) is 19.2 Å². The lowest BCUT2D eigenvalue weighted by Crippen LogP contribution is -2.01. The molecular formula is C18H25FO3. The molecule has 0 aliphatic rings. The molecule has 4 heteroatoms. The molecule has 3 nitrogen and oxygen atoms in total. The molecule has 1 rings (SSSR count). The van der Waals surface area contributed by atoms with E-state index in [1.54, 1.807) is 19.1 Å². The van der Waals surface area contributed by atoms with Gasteiger partial charge in [-0.25, -0.2) is 9.18 Å². The van der Waals surface area contributed by atoms with Gasteiger partial charge in [-0.15, -0.1) is 0 Å². The Labute approximate surface area is 132 Å². The fourth-order valence-electron chi connectivity index (χ4n) is 2.00. The number of carbonyl (C=O) groups is 1. The van der Waals surface area contributed by atoms with Gasteiger partial charge in [0.25, 0.3) is 0 Å². The van der Waals surface area contributed by atoms with E-state index in [0.717, 1.165) is 38.5 Å².